The number of alkyl carbamates (subject to hydrolysis) is 2. The summed E-state index contributed by atoms with van der Waals surface area (Å²) in [6.07, 6.45) is 3.71. The normalized spacial score (nSPS) is 18.3. The lowest BCUT2D eigenvalue weighted by molar-refractivity contribution is -0.136. The van der Waals surface area contributed by atoms with Crippen LogP contribution in [0.2, 0.25) is 0 Å². The lowest BCUT2D eigenvalue weighted by atomic mass is 10.0. The Balaban J connectivity index is 1.08. The van der Waals surface area contributed by atoms with Crippen LogP contribution in [0.15, 0.2) is 42.6 Å². The molecule has 0 radical (unpaired) electrons. The molecule has 2 aromatic carbocycles. The first-order valence-electron chi connectivity index (χ1n) is 18.8. The molecule has 5 aromatic rings. The maximum atomic E-state index is 13.6. The van der Waals surface area contributed by atoms with Gasteiger partial charge in [0.2, 0.25) is 11.8 Å². The van der Waals surface area contributed by atoms with Crippen molar-refractivity contribution in [2.24, 2.45) is 11.8 Å². The van der Waals surface area contributed by atoms with E-state index in [-0.39, 0.29) is 35.7 Å². The number of benzene rings is 2. The molecule has 4 atom stereocenters. The first-order chi connectivity index (χ1) is 26.4. The Morgan fingerprint density at radius 2 is 1.18 bits per heavy atom. The zero-order valence-corrected chi connectivity index (χ0v) is 31.9. The van der Waals surface area contributed by atoms with E-state index in [1.54, 1.807) is 16.0 Å². The molecule has 7 rings (SSSR count). The number of imidazole rings is 3. The Hall–Kier alpha value is -5.93. The van der Waals surface area contributed by atoms with Gasteiger partial charge in [0.1, 0.15) is 29.6 Å². The number of amides is 4. The van der Waals surface area contributed by atoms with Gasteiger partial charge < -0.3 is 44.9 Å². The molecule has 5 heterocycles. The van der Waals surface area contributed by atoms with Crippen LogP contribution in [0.1, 0.15) is 77.1 Å². The summed E-state index contributed by atoms with van der Waals surface area (Å²) >= 11 is 0. The third kappa shape index (κ3) is 7.44. The Kier molecular flexibility index (Phi) is 10.5. The number of fused-ring (bicyclic) bond motifs is 2. The minimum absolute atomic E-state index is 0.119. The highest BCUT2D eigenvalue weighted by atomic mass is 16.5. The number of hydrogen-bond donors (Lipinski definition) is 5. The van der Waals surface area contributed by atoms with Gasteiger partial charge in [-0.25, -0.2) is 24.5 Å². The Morgan fingerprint density at radius 1 is 0.709 bits per heavy atom. The molecular formula is C39H48N10O6. The van der Waals surface area contributed by atoms with Gasteiger partial charge in [-0.15, -0.1) is 0 Å². The van der Waals surface area contributed by atoms with Crippen molar-refractivity contribution in [3.63, 3.8) is 0 Å². The van der Waals surface area contributed by atoms with Crippen molar-refractivity contribution in [3.8, 4) is 22.6 Å². The summed E-state index contributed by atoms with van der Waals surface area (Å²) in [7, 11) is 2.57. The van der Waals surface area contributed by atoms with E-state index in [1.807, 2.05) is 64.1 Å². The van der Waals surface area contributed by atoms with Crippen LogP contribution in [0.5, 0.6) is 0 Å². The maximum Gasteiger partial charge on any atom is 0.407 e. The summed E-state index contributed by atoms with van der Waals surface area (Å²) in [5.74, 6) is 1.55. The van der Waals surface area contributed by atoms with Gasteiger partial charge in [0, 0.05) is 24.2 Å². The van der Waals surface area contributed by atoms with Crippen LogP contribution in [0, 0.1) is 11.8 Å². The van der Waals surface area contributed by atoms with Crippen molar-refractivity contribution in [3.05, 3.63) is 54.2 Å². The first-order valence-corrected chi connectivity index (χ1v) is 18.8. The second-order valence-corrected chi connectivity index (χ2v) is 14.9. The largest absolute Gasteiger partial charge is 0.453 e. The van der Waals surface area contributed by atoms with Gasteiger partial charge in [-0.2, -0.15) is 0 Å². The van der Waals surface area contributed by atoms with Gasteiger partial charge in [-0.05, 0) is 67.9 Å². The number of rotatable bonds is 10. The number of nitrogens with one attached hydrogen (secondary N) is 5. The molecule has 0 aliphatic carbocycles. The van der Waals surface area contributed by atoms with Gasteiger partial charge >= 0.3 is 12.2 Å². The van der Waals surface area contributed by atoms with Crippen molar-refractivity contribution in [1.29, 1.82) is 0 Å². The highest BCUT2D eigenvalue weighted by Crippen LogP contribution is 2.35. The summed E-state index contributed by atoms with van der Waals surface area (Å²) in [6.45, 7) is 8.73. The predicted molar refractivity (Wildman–Crippen MR) is 204 cm³/mol. The van der Waals surface area contributed by atoms with Crippen LogP contribution < -0.4 is 10.6 Å². The van der Waals surface area contributed by atoms with Crippen LogP contribution in [0.25, 0.3) is 44.7 Å². The van der Waals surface area contributed by atoms with E-state index in [0.29, 0.717) is 30.6 Å². The van der Waals surface area contributed by atoms with Gasteiger partial charge in [-0.3, -0.25) is 9.59 Å². The molecule has 16 nitrogen and oxygen atoms in total. The summed E-state index contributed by atoms with van der Waals surface area (Å²) in [5.41, 5.74) is 5.83. The van der Waals surface area contributed by atoms with Crippen LogP contribution in [0.4, 0.5) is 9.59 Å². The second-order valence-electron chi connectivity index (χ2n) is 14.9. The number of carbonyl (C=O) groups is 4. The summed E-state index contributed by atoms with van der Waals surface area (Å²) in [5, 5.41) is 5.39. The third-order valence-corrected chi connectivity index (χ3v) is 10.6. The molecule has 0 spiro atoms. The number of aromatic amines is 3. The topological polar surface area (TPSA) is 203 Å². The van der Waals surface area contributed by atoms with Gasteiger partial charge in [-0.1, -0.05) is 33.8 Å². The fourth-order valence-electron chi connectivity index (χ4n) is 7.69. The lowest BCUT2D eigenvalue weighted by Crippen LogP contribution is -2.51. The van der Waals surface area contributed by atoms with Crippen molar-refractivity contribution in [2.75, 3.05) is 27.3 Å². The number of aromatic nitrogens is 6. The van der Waals surface area contributed by atoms with E-state index in [4.69, 9.17) is 24.4 Å². The van der Waals surface area contributed by atoms with E-state index in [0.717, 1.165) is 64.6 Å². The highest BCUT2D eigenvalue weighted by molar-refractivity contribution is 5.88. The fourth-order valence-corrected chi connectivity index (χ4v) is 7.69. The zero-order chi connectivity index (χ0) is 39.0. The van der Waals surface area contributed by atoms with E-state index in [2.05, 4.69) is 25.6 Å². The maximum absolute atomic E-state index is 13.6. The Bertz CT molecular complexity index is 2070. The fraction of sp³-hybridized carbons (Fsp3) is 0.462. The SMILES string of the molecule is COC(=O)N[C@H](C(=O)N1CCC[C@H]1c1nc2ccc(-c3cnc(-c4ccc5nc([C@@H]6CCCN6C(=O)[C@@H](NC(=O)OC)C(C)C)[nH]c5c4)[nH]3)cc2[nH]1)C(C)C. The Morgan fingerprint density at radius 3 is 1.65 bits per heavy atom. The quantitative estimate of drug-likeness (QED) is 0.121. The monoisotopic (exact) mass is 752 g/mol. The molecule has 2 aliphatic heterocycles. The zero-order valence-electron chi connectivity index (χ0n) is 31.9. The molecule has 2 aliphatic rings. The molecule has 5 N–H and O–H groups in total. The summed E-state index contributed by atoms with van der Waals surface area (Å²) in [6, 6.07) is 9.96. The van der Waals surface area contributed by atoms with Crippen molar-refractivity contribution >= 4 is 46.1 Å². The number of ether oxygens (including phenoxy) is 2. The molecule has 16 heteroatoms. The van der Waals surface area contributed by atoms with E-state index in [1.165, 1.54) is 14.2 Å². The van der Waals surface area contributed by atoms with Crippen LogP contribution >= 0.6 is 0 Å². The number of carbonyl (C=O) groups excluding carboxylic acids is 4. The number of likely N-dealkylation sites (tertiary alicyclic amines) is 2. The third-order valence-electron chi connectivity index (χ3n) is 10.6. The van der Waals surface area contributed by atoms with Crippen molar-refractivity contribution in [2.45, 2.75) is 77.5 Å². The first kappa shape index (κ1) is 37.4. The van der Waals surface area contributed by atoms with Crippen LogP contribution in [-0.2, 0) is 19.1 Å². The van der Waals surface area contributed by atoms with E-state index >= 15 is 0 Å². The molecular weight excluding hydrogens is 704 g/mol. The van der Waals surface area contributed by atoms with Gasteiger partial charge in [0.05, 0.1) is 60.3 Å². The average Bonchev–Trinajstić information content (AvgIpc) is 4.02. The number of hydrogen-bond acceptors (Lipinski definition) is 9. The molecule has 2 saturated heterocycles. The smallest absolute Gasteiger partial charge is 0.407 e. The summed E-state index contributed by atoms with van der Waals surface area (Å²) in [4.78, 5) is 79.6. The standard InChI is InChI=1S/C39H48N10O6/c1-20(2)31(46-38(52)54-5)36(50)48-15-7-9-29(48)34-41-24-13-11-22(17-26(24)43-34)28-19-40-33(45-28)23-12-14-25-27(18-23)44-35(42-25)30-10-8-16-49(30)37(51)32(21(3)4)47-39(53)55-6/h11-14,17-21,29-32H,7-10,15-16H2,1-6H3,(H,40,45)(H,41,43)(H,42,44)(H,46,52)(H,47,53)/t29-,30-,31-,32-/m0/s1. The molecule has 290 valence electrons. The Labute approximate surface area is 318 Å². The van der Waals surface area contributed by atoms with Gasteiger partial charge in [0.15, 0.2) is 0 Å². The number of H-pyrrole nitrogens is 3. The predicted octanol–water partition coefficient (Wildman–Crippen LogP) is 5.58. The molecule has 2 fully saturated rings. The molecule has 3 aromatic heterocycles. The molecule has 4 amide bonds. The van der Waals surface area contributed by atoms with Crippen molar-refractivity contribution in [1.82, 2.24) is 50.3 Å². The minimum atomic E-state index is -0.706. The molecule has 0 unspecified atom stereocenters. The molecule has 55 heavy (non-hydrogen) atoms. The average molecular weight is 753 g/mol. The minimum Gasteiger partial charge on any atom is -0.453 e. The van der Waals surface area contributed by atoms with Crippen LogP contribution in [-0.4, -0.2) is 103 Å². The van der Waals surface area contributed by atoms with E-state index < -0.39 is 24.3 Å². The number of methoxy groups -OCH3 is 2. The molecule has 0 bridgehead atoms. The highest BCUT2D eigenvalue weighted by Gasteiger charge is 2.39. The second kappa shape index (κ2) is 15.4. The van der Waals surface area contributed by atoms with Gasteiger partial charge in [0.25, 0.3) is 0 Å². The molecule has 0 saturated carbocycles. The lowest BCUT2D eigenvalue weighted by Gasteiger charge is -2.29. The van der Waals surface area contributed by atoms with Crippen molar-refractivity contribution < 1.29 is 28.7 Å². The summed E-state index contributed by atoms with van der Waals surface area (Å²) < 4.78 is 9.53. The van der Waals surface area contributed by atoms with E-state index in [9.17, 15) is 19.2 Å². The number of nitrogens with zero attached hydrogens (tertiary/aromatic N) is 5. The van der Waals surface area contributed by atoms with Crippen LogP contribution in [0.3, 0.4) is 0 Å².